The third-order valence-corrected chi connectivity index (χ3v) is 3.91. The number of fused-ring (bicyclic) bond motifs is 1. The minimum Gasteiger partial charge on any atom is -0.490 e. The fraction of sp³-hybridized carbons (Fsp3) is 0.158. The number of nitriles is 1. The molecule has 0 spiro atoms. The fourth-order valence-electron chi connectivity index (χ4n) is 2.61. The van der Waals surface area contributed by atoms with Crippen molar-refractivity contribution in [1.29, 1.82) is 5.26 Å². The van der Waals surface area contributed by atoms with E-state index in [0.29, 0.717) is 10.7 Å². The summed E-state index contributed by atoms with van der Waals surface area (Å²) >= 11 is 5.89. The number of nitrogens with zero attached hydrogens (tertiary/aromatic N) is 1. The van der Waals surface area contributed by atoms with Crippen molar-refractivity contribution in [2.45, 2.75) is 19.4 Å². The van der Waals surface area contributed by atoms with Crippen molar-refractivity contribution < 1.29 is 9.53 Å². The summed E-state index contributed by atoms with van der Waals surface area (Å²) in [5, 5.41) is 12.5. The smallest absolute Gasteiger partial charge is 0.266 e. The van der Waals surface area contributed by atoms with E-state index >= 15 is 0 Å². The van der Waals surface area contributed by atoms with E-state index in [0.717, 1.165) is 23.3 Å². The van der Waals surface area contributed by atoms with E-state index in [9.17, 15) is 10.1 Å². The summed E-state index contributed by atoms with van der Waals surface area (Å²) in [5.74, 6) is 0.395. The molecular formula is C19H15ClN2O2. The van der Waals surface area contributed by atoms with Gasteiger partial charge >= 0.3 is 0 Å². The van der Waals surface area contributed by atoms with Crippen LogP contribution >= 0.6 is 11.6 Å². The summed E-state index contributed by atoms with van der Waals surface area (Å²) in [7, 11) is 0. The van der Waals surface area contributed by atoms with Crippen LogP contribution < -0.4 is 10.1 Å². The van der Waals surface area contributed by atoms with Gasteiger partial charge in [-0.05, 0) is 54.5 Å². The second-order valence-electron chi connectivity index (χ2n) is 5.63. The lowest BCUT2D eigenvalue weighted by atomic mass is 10.0. The zero-order chi connectivity index (χ0) is 17.1. The Morgan fingerprint density at radius 3 is 2.96 bits per heavy atom. The Hall–Kier alpha value is -2.77. The van der Waals surface area contributed by atoms with Crippen LogP contribution in [0.15, 0.2) is 48.0 Å². The Bertz CT molecular complexity index is 868. The predicted octanol–water partition coefficient (Wildman–Crippen LogP) is 4.21. The van der Waals surface area contributed by atoms with Gasteiger partial charge in [0.1, 0.15) is 23.5 Å². The lowest BCUT2D eigenvalue weighted by molar-refractivity contribution is -0.112. The van der Waals surface area contributed by atoms with Gasteiger partial charge in [0.2, 0.25) is 0 Å². The number of carbonyl (C=O) groups excluding carboxylic acids is 1. The van der Waals surface area contributed by atoms with Gasteiger partial charge in [0.25, 0.3) is 5.91 Å². The second kappa shape index (κ2) is 6.77. The number of hydrogen-bond acceptors (Lipinski definition) is 3. The van der Waals surface area contributed by atoms with Gasteiger partial charge in [0.05, 0.1) is 0 Å². The van der Waals surface area contributed by atoms with Crippen molar-refractivity contribution in [3.8, 4) is 11.8 Å². The van der Waals surface area contributed by atoms with Gasteiger partial charge in [0, 0.05) is 17.1 Å². The minimum absolute atomic E-state index is 0.0295. The molecule has 24 heavy (non-hydrogen) atoms. The number of nitrogens with one attached hydrogen (secondary N) is 1. The van der Waals surface area contributed by atoms with Crippen LogP contribution in [0, 0.1) is 11.3 Å². The predicted molar refractivity (Wildman–Crippen MR) is 93.9 cm³/mol. The maximum absolute atomic E-state index is 12.3. The molecule has 0 unspecified atom stereocenters. The molecule has 0 aliphatic carbocycles. The summed E-state index contributed by atoms with van der Waals surface area (Å²) in [6, 6.07) is 14.4. The van der Waals surface area contributed by atoms with Crippen molar-refractivity contribution in [3.63, 3.8) is 0 Å². The Morgan fingerprint density at radius 2 is 2.21 bits per heavy atom. The van der Waals surface area contributed by atoms with Crippen LogP contribution in [0.25, 0.3) is 6.08 Å². The summed E-state index contributed by atoms with van der Waals surface area (Å²) in [5.41, 5.74) is 2.46. The fourth-order valence-corrected chi connectivity index (χ4v) is 2.80. The Kier molecular flexibility index (Phi) is 4.54. The summed E-state index contributed by atoms with van der Waals surface area (Å²) < 4.78 is 5.65. The minimum atomic E-state index is -0.468. The quantitative estimate of drug-likeness (QED) is 0.673. The molecule has 0 aromatic heterocycles. The SMILES string of the molecule is C[C@@H]1Cc2cc(/C=C(\C#N)C(=O)Nc3cccc(Cl)c3)ccc2O1. The molecule has 1 aliphatic heterocycles. The van der Waals surface area contributed by atoms with Crippen molar-refractivity contribution in [2.24, 2.45) is 0 Å². The summed E-state index contributed by atoms with van der Waals surface area (Å²) in [6.45, 7) is 2.01. The topological polar surface area (TPSA) is 62.1 Å². The van der Waals surface area contributed by atoms with Gasteiger partial charge in [0.15, 0.2) is 0 Å². The first-order chi connectivity index (χ1) is 11.5. The zero-order valence-corrected chi connectivity index (χ0v) is 13.8. The average Bonchev–Trinajstić information content (AvgIpc) is 2.91. The number of rotatable bonds is 3. The van der Waals surface area contributed by atoms with E-state index in [2.05, 4.69) is 5.32 Å². The van der Waals surface area contributed by atoms with E-state index in [1.807, 2.05) is 31.2 Å². The van der Waals surface area contributed by atoms with Crippen molar-refractivity contribution in [2.75, 3.05) is 5.32 Å². The van der Waals surface area contributed by atoms with Crippen molar-refractivity contribution in [1.82, 2.24) is 0 Å². The number of anilines is 1. The first-order valence-corrected chi connectivity index (χ1v) is 7.91. The molecule has 3 rings (SSSR count). The molecule has 2 aromatic carbocycles. The Balaban J connectivity index is 1.81. The van der Waals surface area contributed by atoms with Gasteiger partial charge in [-0.25, -0.2) is 0 Å². The van der Waals surface area contributed by atoms with Gasteiger partial charge in [-0.3, -0.25) is 4.79 Å². The Labute approximate surface area is 145 Å². The highest BCUT2D eigenvalue weighted by Crippen LogP contribution is 2.30. The molecule has 4 nitrogen and oxygen atoms in total. The van der Waals surface area contributed by atoms with Crippen LogP contribution in [-0.2, 0) is 11.2 Å². The second-order valence-corrected chi connectivity index (χ2v) is 6.07. The monoisotopic (exact) mass is 338 g/mol. The highest BCUT2D eigenvalue weighted by atomic mass is 35.5. The van der Waals surface area contributed by atoms with E-state index in [1.54, 1.807) is 30.3 Å². The number of ether oxygens (including phenoxy) is 1. The number of amides is 1. The lowest BCUT2D eigenvalue weighted by Crippen LogP contribution is -2.13. The molecule has 120 valence electrons. The molecule has 2 aromatic rings. The lowest BCUT2D eigenvalue weighted by Gasteiger charge is -2.05. The highest BCUT2D eigenvalue weighted by Gasteiger charge is 2.19. The molecule has 0 saturated heterocycles. The van der Waals surface area contributed by atoms with Crippen LogP contribution in [0.2, 0.25) is 5.02 Å². The molecule has 1 amide bonds. The van der Waals surface area contributed by atoms with E-state index in [-0.39, 0.29) is 11.7 Å². The maximum atomic E-state index is 12.3. The number of hydrogen-bond donors (Lipinski definition) is 1. The largest absolute Gasteiger partial charge is 0.490 e. The van der Waals surface area contributed by atoms with Gasteiger partial charge in [-0.2, -0.15) is 5.26 Å². The molecule has 1 heterocycles. The Morgan fingerprint density at radius 1 is 1.38 bits per heavy atom. The van der Waals surface area contributed by atoms with Crippen LogP contribution in [-0.4, -0.2) is 12.0 Å². The maximum Gasteiger partial charge on any atom is 0.266 e. The molecule has 0 radical (unpaired) electrons. The highest BCUT2D eigenvalue weighted by molar-refractivity contribution is 6.31. The van der Waals surface area contributed by atoms with Gasteiger partial charge < -0.3 is 10.1 Å². The van der Waals surface area contributed by atoms with Crippen molar-refractivity contribution in [3.05, 3.63) is 64.2 Å². The molecule has 1 atom stereocenters. The standard InChI is InChI=1S/C19H15ClN2O2/c1-12-7-14-8-13(5-6-18(14)24-12)9-15(11-21)19(23)22-17-4-2-3-16(20)10-17/h2-6,8-10,12H,7H2,1H3,(H,22,23)/b15-9+/t12-/m1/s1. The first-order valence-electron chi connectivity index (χ1n) is 7.53. The summed E-state index contributed by atoms with van der Waals surface area (Å²) in [6.07, 6.45) is 2.55. The van der Waals surface area contributed by atoms with Gasteiger partial charge in [-0.1, -0.05) is 23.7 Å². The van der Waals surface area contributed by atoms with Crippen molar-refractivity contribution >= 4 is 29.3 Å². The van der Waals surface area contributed by atoms with Crippen LogP contribution in [0.3, 0.4) is 0 Å². The first kappa shape index (κ1) is 16.1. The van der Waals surface area contributed by atoms with Gasteiger partial charge in [-0.15, -0.1) is 0 Å². The third-order valence-electron chi connectivity index (χ3n) is 3.68. The van der Waals surface area contributed by atoms with Crippen LogP contribution in [0.5, 0.6) is 5.75 Å². The van der Waals surface area contributed by atoms with Crippen LogP contribution in [0.1, 0.15) is 18.1 Å². The van der Waals surface area contributed by atoms with E-state index in [4.69, 9.17) is 16.3 Å². The molecule has 0 bridgehead atoms. The number of carbonyl (C=O) groups is 1. The summed E-state index contributed by atoms with van der Waals surface area (Å²) in [4.78, 5) is 12.3. The number of benzene rings is 2. The third kappa shape index (κ3) is 3.58. The molecule has 5 heteroatoms. The van der Waals surface area contributed by atoms with E-state index < -0.39 is 5.91 Å². The normalized spacial score (nSPS) is 16.0. The average molecular weight is 339 g/mol. The van der Waals surface area contributed by atoms with E-state index in [1.165, 1.54) is 0 Å². The number of halogens is 1. The molecule has 0 fully saturated rings. The molecule has 0 saturated carbocycles. The molecule has 1 N–H and O–H groups in total. The molecule has 1 aliphatic rings. The molecular weight excluding hydrogens is 324 g/mol. The zero-order valence-electron chi connectivity index (χ0n) is 13.0. The van der Waals surface area contributed by atoms with Crippen LogP contribution in [0.4, 0.5) is 5.69 Å².